The number of unbranched alkanes of at least 4 members (excludes halogenated alkanes) is 2. The van der Waals surface area contributed by atoms with E-state index in [4.69, 9.17) is 5.11 Å². The Hall–Kier alpha value is -3.32. The topological polar surface area (TPSA) is 158 Å². The fraction of sp³-hybridized carbons (Fsp3) is 0.419. The number of likely N-dealkylation sites (N-methyl/N-ethyl adjacent to an activating group) is 1. The van der Waals surface area contributed by atoms with Crippen LogP contribution in [0.15, 0.2) is 70.1 Å². The smallest absolute Gasteiger partial charge is 0.303 e. The summed E-state index contributed by atoms with van der Waals surface area (Å²) in [5, 5.41) is 8.98. The molecule has 43 heavy (non-hydrogen) atoms. The molecule has 12 heteroatoms. The zero-order chi connectivity index (χ0) is 32.0. The van der Waals surface area contributed by atoms with Gasteiger partial charge >= 0.3 is 5.97 Å². The number of allylic oxidation sites excluding steroid dienone is 4. The largest absolute Gasteiger partial charge is 0.744 e. The molecule has 0 saturated heterocycles. The normalized spacial score (nSPS) is 18.5. The van der Waals surface area contributed by atoms with E-state index in [0.29, 0.717) is 37.9 Å². The van der Waals surface area contributed by atoms with Crippen LogP contribution in [-0.2, 0) is 35.9 Å². The molecule has 0 spiro atoms. The van der Waals surface area contributed by atoms with E-state index in [-0.39, 0.29) is 16.2 Å². The number of carboxylic acid groups (broad SMARTS) is 1. The average molecular weight is 630 g/mol. The third kappa shape index (κ3) is 6.33. The van der Waals surface area contributed by atoms with E-state index >= 15 is 0 Å². The molecule has 2 aliphatic heterocycles. The van der Waals surface area contributed by atoms with Gasteiger partial charge < -0.3 is 19.1 Å². The van der Waals surface area contributed by atoms with E-state index in [1.165, 1.54) is 24.3 Å². The third-order valence-electron chi connectivity index (χ3n) is 8.40. The predicted octanol–water partition coefficient (Wildman–Crippen LogP) is 4.77. The first-order chi connectivity index (χ1) is 19.9. The average Bonchev–Trinajstić information content (AvgIpc) is 3.25. The first-order valence-electron chi connectivity index (χ1n) is 14.1. The second-order valence-corrected chi connectivity index (χ2v) is 14.7. The van der Waals surface area contributed by atoms with Crippen molar-refractivity contribution in [3.05, 3.63) is 71.5 Å². The summed E-state index contributed by atoms with van der Waals surface area (Å²) in [5.74, 6) is -0.841. The van der Waals surface area contributed by atoms with Gasteiger partial charge in [0, 0.05) is 53.9 Å². The molecule has 0 amide bonds. The number of carbonyl (C=O) groups is 1. The van der Waals surface area contributed by atoms with Crippen molar-refractivity contribution in [3.8, 4) is 0 Å². The van der Waals surface area contributed by atoms with Crippen LogP contribution in [0.4, 0.5) is 11.4 Å². The lowest BCUT2D eigenvalue weighted by Gasteiger charge is -2.25. The SMILES string of the molecule is CCN1/C(=C\C=C\C2=[N+](CCCCCC(=O)O)c3ccc(S(=O)(=O)[O-])cc3C2(C)C)C(C)(C)c2cc(S(=O)(=O)[O-])ccc21. The van der Waals surface area contributed by atoms with E-state index in [9.17, 15) is 30.7 Å². The molecule has 2 aliphatic rings. The summed E-state index contributed by atoms with van der Waals surface area (Å²) in [6.07, 6.45) is 7.86. The van der Waals surface area contributed by atoms with Crippen molar-refractivity contribution in [2.75, 3.05) is 18.0 Å². The zero-order valence-electron chi connectivity index (χ0n) is 25.0. The summed E-state index contributed by atoms with van der Waals surface area (Å²) >= 11 is 0. The quantitative estimate of drug-likeness (QED) is 0.210. The number of aliphatic carboxylic acids is 1. The lowest BCUT2D eigenvalue weighted by atomic mass is 9.81. The van der Waals surface area contributed by atoms with Gasteiger partial charge in [0.25, 0.3) is 0 Å². The molecule has 1 N–H and O–H groups in total. The Labute approximate surface area is 253 Å². The predicted molar refractivity (Wildman–Crippen MR) is 161 cm³/mol. The lowest BCUT2D eigenvalue weighted by Crippen LogP contribution is -2.28. The van der Waals surface area contributed by atoms with Gasteiger partial charge in [-0.15, -0.1) is 0 Å². The Morgan fingerprint density at radius 1 is 0.907 bits per heavy atom. The molecule has 2 heterocycles. The zero-order valence-corrected chi connectivity index (χ0v) is 26.6. The van der Waals surface area contributed by atoms with Crippen LogP contribution in [0.25, 0.3) is 0 Å². The molecule has 0 saturated carbocycles. The summed E-state index contributed by atoms with van der Waals surface area (Å²) in [6, 6.07) is 8.84. The van der Waals surface area contributed by atoms with E-state index in [0.717, 1.165) is 28.3 Å². The van der Waals surface area contributed by atoms with Gasteiger partial charge in [0.05, 0.1) is 15.2 Å². The van der Waals surface area contributed by atoms with Crippen LogP contribution < -0.4 is 4.90 Å². The van der Waals surface area contributed by atoms with Crippen LogP contribution in [0.2, 0.25) is 0 Å². The fourth-order valence-corrected chi connectivity index (χ4v) is 7.15. The minimum Gasteiger partial charge on any atom is -0.744 e. The van der Waals surface area contributed by atoms with E-state index in [2.05, 4.69) is 9.48 Å². The second kappa shape index (κ2) is 11.6. The van der Waals surface area contributed by atoms with Crippen molar-refractivity contribution in [1.82, 2.24) is 0 Å². The number of rotatable bonds is 11. The molecule has 0 bridgehead atoms. The van der Waals surface area contributed by atoms with Gasteiger partial charge in [-0.1, -0.05) is 19.9 Å². The number of hydrogen-bond acceptors (Lipinski definition) is 8. The molecular weight excluding hydrogens is 592 g/mol. The van der Waals surface area contributed by atoms with E-state index < -0.39 is 37.0 Å². The van der Waals surface area contributed by atoms with Crippen LogP contribution >= 0.6 is 0 Å². The molecular formula is C31H37N2O8S2-. The molecule has 0 unspecified atom stereocenters. The molecule has 0 aliphatic carbocycles. The lowest BCUT2D eigenvalue weighted by molar-refractivity contribution is -0.438. The summed E-state index contributed by atoms with van der Waals surface area (Å²) in [6.45, 7) is 11.0. The van der Waals surface area contributed by atoms with Crippen molar-refractivity contribution in [2.45, 2.75) is 80.9 Å². The Morgan fingerprint density at radius 3 is 2.09 bits per heavy atom. The molecule has 0 aromatic heterocycles. The third-order valence-corrected chi connectivity index (χ3v) is 10.1. The molecule has 10 nitrogen and oxygen atoms in total. The molecule has 4 rings (SSSR count). The van der Waals surface area contributed by atoms with Gasteiger partial charge in [0.2, 0.25) is 5.69 Å². The molecule has 2 aromatic carbocycles. The number of hydrogen-bond donors (Lipinski definition) is 1. The standard InChI is InChI=1S/C31H38N2O8S2/c1-6-32-25-16-14-21(42(36,37)38)19-23(25)30(2,3)27(32)11-10-12-28-31(4,5)24-20-22(43(39,40)41)15-17-26(24)33(28)18-9-7-8-13-29(34)35/h10-12,14-17,19-20H,6-9,13,18H2,1-5H3,(H2-,34,35,36,37,38,39,40,41)/p-1. The summed E-state index contributed by atoms with van der Waals surface area (Å²) in [5.41, 5.74) is 3.61. The second-order valence-electron chi connectivity index (χ2n) is 11.9. The number of anilines is 1. The highest BCUT2D eigenvalue weighted by Crippen LogP contribution is 2.48. The first-order valence-corrected chi connectivity index (χ1v) is 17.0. The van der Waals surface area contributed by atoms with Crippen LogP contribution in [-0.4, -0.2) is 60.4 Å². The van der Waals surface area contributed by atoms with Gasteiger partial charge in [-0.25, -0.2) is 16.8 Å². The minimum absolute atomic E-state index is 0.0885. The Kier molecular flexibility index (Phi) is 8.82. The van der Waals surface area contributed by atoms with Crippen molar-refractivity contribution in [2.24, 2.45) is 0 Å². The maximum Gasteiger partial charge on any atom is 0.303 e. The number of nitrogens with zero attached hydrogens (tertiary/aromatic N) is 2. The van der Waals surface area contributed by atoms with Crippen molar-refractivity contribution >= 4 is 43.3 Å². The molecule has 0 fully saturated rings. The first kappa shape index (κ1) is 32.6. The Bertz CT molecular complexity index is 1770. The highest BCUT2D eigenvalue weighted by Gasteiger charge is 2.45. The monoisotopic (exact) mass is 629 g/mol. The number of carboxylic acids is 1. The highest BCUT2D eigenvalue weighted by molar-refractivity contribution is 7.86. The summed E-state index contributed by atoms with van der Waals surface area (Å²) in [7, 11) is -9.27. The number of fused-ring (bicyclic) bond motifs is 2. The van der Waals surface area contributed by atoms with Crippen LogP contribution in [0.5, 0.6) is 0 Å². The number of benzene rings is 2. The fourth-order valence-electron chi connectivity index (χ4n) is 6.16. The van der Waals surface area contributed by atoms with Gasteiger partial charge in [0.1, 0.15) is 26.8 Å². The van der Waals surface area contributed by atoms with Gasteiger partial charge in [-0.3, -0.25) is 4.79 Å². The molecule has 0 atom stereocenters. The summed E-state index contributed by atoms with van der Waals surface area (Å²) in [4.78, 5) is 12.4. The maximum absolute atomic E-state index is 11.8. The van der Waals surface area contributed by atoms with Crippen molar-refractivity contribution in [3.63, 3.8) is 0 Å². The summed E-state index contributed by atoms with van der Waals surface area (Å²) < 4.78 is 72.7. The van der Waals surface area contributed by atoms with E-state index in [1.807, 2.05) is 52.8 Å². The van der Waals surface area contributed by atoms with Crippen LogP contribution in [0, 0.1) is 0 Å². The molecule has 2 aromatic rings. The van der Waals surface area contributed by atoms with E-state index in [1.54, 1.807) is 12.1 Å². The van der Waals surface area contributed by atoms with Gasteiger partial charge in [0.15, 0.2) is 5.71 Å². The van der Waals surface area contributed by atoms with Crippen LogP contribution in [0.3, 0.4) is 0 Å². The van der Waals surface area contributed by atoms with Crippen molar-refractivity contribution in [1.29, 1.82) is 0 Å². The van der Waals surface area contributed by atoms with Gasteiger partial charge in [-0.2, -0.15) is 4.58 Å². The molecule has 232 valence electrons. The highest BCUT2D eigenvalue weighted by atomic mass is 32.2. The Balaban J connectivity index is 1.75. The molecule has 0 radical (unpaired) electrons. The Morgan fingerprint density at radius 2 is 1.51 bits per heavy atom. The van der Waals surface area contributed by atoms with Crippen LogP contribution in [0.1, 0.15) is 71.4 Å². The van der Waals surface area contributed by atoms with Gasteiger partial charge in [-0.05, 0) is 75.6 Å². The van der Waals surface area contributed by atoms with Crippen molar-refractivity contribution < 1.29 is 40.4 Å². The maximum atomic E-state index is 11.8. The minimum atomic E-state index is -4.65.